The number of aliphatic hydroxyl groups excluding tert-OH is 1. The van der Waals surface area contributed by atoms with Crippen molar-refractivity contribution in [3.8, 4) is 0 Å². The molecule has 2 aromatic carbocycles. The van der Waals surface area contributed by atoms with Crippen molar-refractivity contribution in [1.82, 2.24) is 4.90 Å². The molecule has 0 spiro atoms. The fraction of sp³-hybridized carbons (Fsp3) is 0.316. The van der Waals surface area contributed by atoms with Gasteiger partial charge in [-0.2, -0.15) is 0 Å². The maximum atomic E-state index is 13.8. The summed E-state index contributed by atoms with van der Waals surface area (Å²) in [7, 11) is 0. The predicted molar refractivity (Wildman–Crippen MR) is 91.2 cm³/mol. The van der Waals surface area contributed by atoms with E-state index in [1.54, 1.807) is 29.2 Å². The molecular formula is C19H20F2N2O2. The molecule has 0 bridgehead atoms. The summed E-state index contributed by atoms with van der Waals surface area (Å²) in [5, 5.41) is 10.1. The summed E-state index contributed by atoms with van der Waals surface area (Å²) in [6.45, 7) is 1.98. The van der Waals surface area contributed by atoms with Gasteiger partial charge in [0.05, 0.1) is 18.2 Å². The lowest BCUT2D eigenvalue weighted by molar-refractivity contribution is -0.133. The second-order valence-electron chi connectivity index (χ2n) is 6.09. The Morgan fingerprint density at radius 2 is 1.76 bits per heavy atom. The van der Waals surface area contributed by atoms with Crippen LogP contribution in [0.15, 0.2) is 48.5 Å². The standard InChI is InChI=1S/C19H20F2N2O2/c20-15-5-3-4-14(12-15)18(24)13-19(25)23-10-8-22(9-11-23)17-7-2-1-6-16(17)21/h1-7,12,18,24H,8-11,13H2. The first kappa shape index (κ1) is 17.4. The minimum absolute atomic E-state index is 0.0941. The number of anilines is 1. The molecule has 4 nitrogen and oxygen atoms in total. The Bertz CT molecular complexity index is 746. The Hall–Kier alpha value is -2.47. The molecule has 0 aliphatic carbocycles. The van der Waals surface area contributed by atoms with Crippen molar-refractivity contribution in [1.29, 1.82) is 0 Å². The van der Waals surface area contributed by atoms with Crippen LogP contribution in [0.5, 0.6) is 0 Å². The quantitative estimate of drug-likeness (QED) is 0.926. The van der Waals surface area contributed by atoms with Crippen LogP contribution in [-0.4, -0.2) is 42.1 Å². The minimum Gasteiger partial charge on any atom is -0.388 e. The highest BCUT2D eigenvalue weighted by Gasteiger charge is 2.24. The van der Waals surface area contributed by atoms with Gasteiger partial charge in [0.15, 0.2) is 0 Å². The summed E-state index contributed by atoms with van der Waals surface area (Å²) in [5.74, 6) is -0.906. The number of aliphatic hydroxyl groups is 1. The van der Waals surface area contributed by atoms with Crippen molar-refractivity contribution < 1.29 is 18.7 Å². The van der Waals surface area contributed by atoms with Gasteiger partial charge in [0, 0.05) is 26.2 Å². The van der Waals surface area contributed by atoms with Crippen molar-refractivity contribution in [2.45, 2.75) is 12.5 Å². The topological polar surface area (TPSA) is 43.8 Å². The number of rotatable bonds is 4. The third-order valence-electron chi connectivity index (χ3n) is 4.43. The third kappa shape index (κ3) is 4.14. The number of hydrogen-bond acceptors (Lipinski definition) is 3. The summed E-state index contributed by atoms with van der Waals surface area (Å²) in [6, 6.07) is 12.2. The average molecular weight is 346 g/mol. The summed E-state index contributed by atoms with van der Waals surface area (Å²) in [6.07, 6.45) is -1.13. The first-order valence-corrected chi connectivity index (χ1v) is 8.25. The van der Waals surface area contributed by atoms with Crippen LogP contribution in [0.2, 0.25) is 0 Å². The Morgan fingerprint density at radius 1 is 1.04 bits per heavy atom. The zero-order chi connectivity index (χ0) is 17.8. The highest BCUT2D eigenvalue weighted by molar-refractivity contribution is 5.77. The van der Waals surface area contributed by atoms with Crippen LogP contribution in [0.1, 0.15) is 18.1 Å². The van der Waals surface area contributed by atoms with Gasteiger partial charge in [-0.25, -0.2) is 8.78 Å². The molecule has 1 N–H and O–H groups in total. The van der Waals surface area contributed by atoms with E-state index in [0.29, 0.717) is 37.4 Å². The van der Waals surface area contributed by atoms with E-state index < -0.39 is 11.9 Å². The molecule has 3 rings (SSSR count). The van der Waals surface area contributed by atoms with E-state index in [4.69, 9.17) is 0 Å². The van der Waals surface area contributed by atoms with Gasteiger partial charge in [0.1, 0.15) is 11.6 Å². The molecule has 1 aliphatic heterocycles. The maximum absolute atomic E-state index is 13.8. The van der Waals surface area contributed by atoms with E-state index in [1.165, 1.54) is 24.3 Å². The van der Waals surface area contributed by atoms with Gasteiger partial charge in [-0.3, -0.25) is 4.79 Å². The SMILES string of the molecule is O=C(CC(O)c1cccc(F)c1)N1CCN(c2ccccc2F)CC1. The molecule has 6 heteroatoms. The van der Waals surface area contributed by atoms with Crippen LogP contribution in [0.25, 0.3) is 0 Å². The summed E-state index contributed by atoms with van der Waals surface area (Å²) in [5.41, 5.74) is 0.924. The van der Waals surface area contributed by atoms with Crippen molar-refractivity contribution in [2.75, 3.05) is 31.1 Å². The molecular weight excluding hydrogens is 326 g/mol. The number of carbonyl (C=O) groups excluding carboxylic acids is 1. The molecule has 0 aromatic heterocycles. The normalized spacial score (nSPS) is 16.0. The Labute approximate surface area is 145 Å². The number of nitrogens with zero attached hydrogens (tertiary/aromatic N) is 2. The zero-order valence-electron chi connectivity index (χ0n) is 13.7. The molecule has 2 aromatic rings. The Morgan fingerprint density at radius 3 is 2.44 bits per heavy atom. The molecule has 1 fully saturated rings. The first-order valence-electron chi connectivity index (χ1n) is 8.25. The van der Waals surface area contributed by atoms with Crippen LogP contribution in [0, 0.1) is 11.6 Å². The van der Waals surface area contributed by atoms with Gasteiger partial charge in [0.2, 0.25) is 5.91 Å². The van der Waals surface area contributed by atoms with Gasteiger partial charge in [0.25, 0.3) is 0 Å². The molecule has 1 saturated heterocycles. The zero-order valence-corrected chi connectivity index (χ0v) is 13.7. The van der Waals surface area contributed by atoms with Crippen LogP contribution in [0.4, 0.5) is 14.5 Å². The molecule has 0 saturated carbocycles. The lowest BCUT2D eigenvalue weighted by Crippen LogP contribution is -2.49. The third-order valence-corrected chi connectivity index (χ3v) is 4.43. The van der Waals surface area contributed by atoms with Gasteiger partial charge in [-0.05, 0) is 29.8 Å². The van der Waals surface area contributed by atoms with E-state index in [1.807, 2.05) is 4.90 Å². The highest BCUT2D eigenvalue weighted by atomic mass is 19.1. The predicted octanol–water partition coefficient (Wildman–Crippen LogP) is 2.74. The van der Waals surface area contributed by atoms with Gasteiger partial charge >= 0.3 is 0 Å². The number of benzene rings is 2. The number of para-hydroxylation sites is 1. The smallest absolute Gasteiger partial charge is 0.225 e. The number of piperazine rings is 1. The van der Waals surface area contributed by atoms with E-state index >= 15 is 0 Å². The van der Waals surface area contributed by atoms with Crippen LogP contribution in [-0.2, 0) is 4.79 Å². The summed E-state index contributed by atoms with van der Waals surface area (Å²) < 4.78 is 27.1. The van der Waals surface area contributed by atoms with Gasteiger partial charge < -0.3 is 14.9 Å². The summed E-state index contributed by atoms with van der Waals surface area (Å²) >= 11 is 0. The fourth-order valence-electron chi connectivity index (χ4n) is 3.03. The fourth-order valence-corrected chi connectivity index (χ4v) is 3.03. The van der Waals surface area contributed by atoms with Crippen molar-refractivity contribution in [3.05, 3.63) is 65.7 Å². The number of carbonyl (C=O) groups is 1. The molecule has 1 aliphatic rings. The lowest BCUT2D eigenvalue weighted by Gasteiger charge is -2.36. The van der Waals surface area contributed by atoms with E-state index in [2.05, 4.69) is 0 Å². The number of amides is 1. The van der Waals surface area contributed by atoms with E-state index in [-0.39, 0.29) is 18.1 Å². The van der Waals surface area contributed by atoms with Gasteiger partial charge in [-0.1, -0.05) is 24.3 Å². The van der Waals surface area contributed by atoms with E-state index in [0.717, 1.165) is 0 Å². The highest BCUT2D eigenvalue weighted by Crippen LogP contribution is 2.22. The molecule has 1 unspecified atom stereocenters. The molecule has 1 heterocycles. The summed E-state index contributed by atoms with van der Waals surface area (Å²) in [4.78, 5) is 15.9. The Balaban J connectivity index is 1.56. The minimum atomic E-state index is -1.03. The number of hydrogen-bond donors (Lipinski definition) is 1. The molecule has 1 amide bonds. The first-order chi connectivity index (χ1) is 12.0. The van der Waals surface area contributed by atoms with Crippen LogP contribution < -0.4 is 4.90 Å². The number of halogens is 2. The second-order valence-corrected chi connectivity index (χ2v) is 6.09. The van der Waals surface area contributed by atoms with E-state index in [9.17, 15) is 18.7 Å². The van der Waals surface area contributed by atoms with Crippen molar-refractivity contribution >= 4 is 11.6 Å². The Kier molecular flexibility index (Phi) is 5.28. The van der Waals surface area contributed by atoms with Crippen molar-refractivity contribution in [2.24, 2.45) is 0 Å². The monoisotopic (exact) mass is 346 g/mol. The molecule has 132 valence electrons. The van der Waals surface area contributed by atoms with Crippen LogP contribution >= 0.6 is 0 Å². The maximum Gasteiger partial charge on any atom is 0.225 e. The lowest BCUT2D eigenvalue weighted by atomic mass is 10.1. The van der Waals surface area contributed by atoms with Crippen LogP contribution in [0.3, 0.4) is 0 Å². The molecule has 0 radical (unpaired) electrons. The largest absolute Gasteiger partial charge is 0.388 e. The van der Waals surface area contributed by atoms with Gasteiger partial charge in [-0.15, -0.1) is 0 Å². The second kappa shape index (κ2) is 7.61. The van der Waals surface area contributed by atoms with Crippen molar-refractivity contribution in [3.63, 3.8) is 0 Å². The molecule has 1 atom stereocenters. The average Bonchev–Trinajstić information content (AvgIpc) is 2.62. The molecule has 25 heavy (non-hydrogen) atoms.